The molecule has 31 heavy (non-hydrogen) atoms. The number of hydrazone groups is 1. The van der Waals surface area contributed by atoms with Crippen LogP contribution in [0, 0.1) is 26.6 Å². The van der Waals surface area contributed by atoms with E-state index in [2.05, 4.69) is 9.93 Å². The molecule has 160 valence electrons. The summed E-state index contributed by atoms with van der Waals surface area (Å²) in [5.74, 6) is -0.764. The first-order chi connectivity index (χ1) is 14.7. The Morgan fingerprint density at radius 3 is 2.13 bits per heavy atom. The van der Waals surface area contributed by atoms with Crippen LogP contribution in [0.25, 0.3) is 0 Å². The molecule has 0 fully saturated rings. The third-order valence-corrected chi connectivity index (χ3v) is 5.96. The van der Waals surface area contributed by atoms with Gasteiger partial charge < -0.3 is 4.74 Å². The van der Waals surface area contributed by atoms with E-state index in [9.17, 15) is 17.6 Å². The molecule has 6 nitrogen and oxygen atoms in total. The first kappa shape index (κ1) is 22.2. The molecular formula is C23H21FN2O4S. The molecule has 1 N–H and O–H groups in total. The summed E-state index contributed by atoms with van der Waals surface area (Å²) in [5, 5.41) is 3.83. The topological polar surface area (TPSA) is 84.8 Å². The zero-order valence-corrected chi connectivity index (χ0v) is 18.0. The molecule has 8 heteroatoms. The van der Waals surface area contributed by atoms with Crippen LogP contribution in [0.3, 0.4) is 0 Å². The summed E-state index contributed by atoms with van der Waals surface area (Å²) < 4.78 is 43.4. The summed E-state index contributed by atoms with van der Waals surface area (Å²) in [6, 6.07) is 15.0. The summed E-state index contributed by atoms with van der Waals surface area (Å²) in [4.78, 5) is 14.5. The van der Waals surface area contributed by atoms with Crippen LogP contribution < -0.4 is 9.57 Å². The number of hydrogen-bond donors (Lipinski definition) is 1. The predicted molar refractivity (Wildman–Crippen MR) is 116 cm³/mol. The molecule has 0 bridgehead atoms. The average Bonchev–Trinajstić information content (AvgIpc) is 2.68. The fraction of sp³-hybridized carbons (Fsp3) is 0.130. The van der Waals surface area contributed by atoms with Crippen molar-refractivity contribution in [3.63, 3.8) is 0 Å². The lowest BCUT2D eigenvalue weighted by molar-refractivity contribution is 0.0734. The molecule has 0 amide bonds. The van der Waals surface area contributed by atoms with Gasteiger partial charge in [0.25, 0.3) is 10.0 Å². The van der Waals surface area contributed by atoms with Crippen LogP contribution >= 0.6 is 0 Å². The largest absolute Gasteiger partial charge is 0.423 e. The molecule has 0 heterocycles. The number of halogens is 1. The molecule has 0 unspecified atom stereocenters. The summed E-state index contributed by atoms with van der Waals surface area (Å²) in [6.07, 6.45) is 1.35. The molecule has 3 aromatic carbocycles. The molecule has 0 aliphatic carbocycles. The van der Waals surface area contributed by atoms with Crippen molar-refractivity contribution < 1.29 is 22.3 Å². The van der Waals surface area contributed by atoms with Crippen molar-refractivity contribution in [1.29, 1.82) is 0 Å². The third-order valence-electron chi connectivity index (χ3n) is 4.43. The maximum Gasteiger partial charge on any atom is 0.343 e. The maximum absolute atomic E-state index is 12.9. The number of carbonyl (C=O) groups is 1. The molecule has 0 atom stereocenters. The molecule has 0 saturated carbocycles. The zero-order valence-electron chi connectivity index (χ0n) is 17.2. The minimum absolute atomic E-state index is 0.207. The van der Waals surface area contributed by atoms with Crippen molar-refractivity contribution in [3.05, 3.63) is 94.3 Å². The van der Waals surface area contributed by atoms with Crippen LogP contribution in [0.2, 0.25) is 0 Å². The van der Waals surface area contributed by atoms with Crippen molar-refractivity contribution in [2.45, 2.75) is 25.7 Å². The van der Waals surface area contributed by atoms with Gasteiger partial charge in [0.15, 0.2) is 0 Å². The molecule has 0 saturated heterocycles. The van der Waals surface area contributed by atoms with E-state index < -0.39 is 21.8 Å². The Labute approximate surface area is 180 Å². The minimum Gasteiger partial charge on any atom is -0.423 e. The fourth-order valence-corrected chi connectivity index (χ4v) is 4.43. The Balaban J connectivity index is 1.66. The monoisotopic (exact) mass is 440 g/mol. The third kappa shape index (κ3) is 5.55. The lowest BCUT2D eigenvalue weighted by atomic mass is 10.1. The number of benzene rings is 3. The van der Waals surface area contributed by atoms with Crippen LogP contribution in [-0.4, -0.2) is 20.6 Å². The predicted octanol–water partition coefficient (Wildman–Crippen LogP) is 4.28. The first-order valence-electron chi connectivity index (χ1n) is 9.36. The van der Waals surface area contributed by atoms with Crippen molar-refractivity contribution >= 4 is 22.2 Å². The van der Waals surface area contributed by atoms with Gasteiger partial charge in [-0.2, -0.15) is 13.5 Å². The van der Waals surface area contributed by atoms with Gasteiger partial charge in [-0.15, -0.1) is 0 Å². The van der Waals surface area contributed by atoms with Gasteiger partial charge in [0, 0.05) is 0 Å². The quantitative estimate of drug-likeness (QED) is 0.268. The van der Waals surface area contributed by atoms with E-state index in [0.29, 0.717) is 16.7 Å². The SMILES string of the molecule is Cc1cc(C)c(S(=O)(=O)N/N=C/c2ccc(OC(=O)c3ccc(F)cc3)cc2)c(C)c1. The number of rotatable bonds is 6. The number of aryl methyl sites for hydroxylation is 3. The molecule has 0 aliphatic rings. The van der Waals surface area contributed by atoms with Gasteiger partial charge in [0.2, 0.25) is 0 Å². The summed E-state index contributed by atoms with van der Waals surface area (Å²) >= 11 is 0. The number of sulfonamides is 1. The highest BCUT2D eigenvalue weighted by Crippen LogP contribution is 2.21. The normalized spacial score (nSPS) is 11.5. The van der Waals surface area contributed by atoms with Crippen LogP contribution in [0.5, 0.6) is 5.75 Å². The Bertz CT molecular complexity index is 1210. The van der Waals surface area contributed by atoms with Gasteiger partial charge in [0.05, 0.1) is 16.7 Å². The second-order valence-corrected chi connectivity index (χ2v) is 8.64. The standard InChI is InChI=1S/C23H21FN2O4S/c1-15-12-16(2)22(17(3)13-15)31(28,29)26-25-14-18-4-10-21(11-5-18)30-23(27)19-6-8-20(24)9-7-19/h4-14,26H,1-3H3/b25-14+. The number of esters is 1. The van der Waals surface area contributed by atoms with Crippen LogP contribution in [0.4, 0.5) is 4.39 Å². The average molecular weight is 440 g/mol. The Morgan fingerprint density at radius 2 is 1.55 bits per heavy atom. The summed E-state index contributed by atoms with van der Waals surface area (Å²) in [6.45, 7) is 5.39. The smallest absolute Gasteiger partial charge is 0.343 e. The number of nitrogens with zero attached hydrogens (tertiary/aromatic N) is 1. The fourth-order valence-electron chi connectivity index (χ4n) is 3.18. The maximum atomic E-state index is 12.9. The molecule has 0 aromatic heterocycles. The molecule has 0 radical (unpaired) electrons. The van der Waals surface area contributed by atoms with E-state index in [1.54, 1.807) is 50.2 Å². The van der Waals surface area contributed by atoms with E-state index in [0.717, 1.165) is 5.56 Å². The van der Waals surface area contributed by atoms with Gasteiger partial charge in [-0.25, -0.2) is 14.0 Å². The van der Waals surface area contributed by atoms with Crippen LogP contribution in [0.15, 0.2) is 70.7 Å². The molecule has 3 rings (SSSR count). The zero-order chi connectivity index (χ0) is 22.6. The minimum atomic E-state index is -3.81. The summed E-state index contributed by atoms with van der Waals surface area (Å²) in [5.41, 5.74) is 3.10. The Hall–Kier alpha value is -3.52. The van der Waals surface area contributed by atoms with Crippen molar-refractivity contribution in [2.24, 2.45) is 5.10 Å². The number of carbonyl (C=O) groups excluding carboxylic acids is 1. The Morgan fingerprint density at radius 1 is 0.968 bits per heavy atom. The Kier molecular flexibility index (Phi) is 6.50. The lowest BCUT2D eigenvalue weighted by Gasteiger charge is -2.11. The second kappa shape index (κ2) is 9.09. The van der Waals surface area contributed by atoms with E-state index in [1.165, 1.54) is 30.5 Å². The highest BCUT2D eigenvalue weighted by atomic mass is 32.2. The van der Waals surface area contributed by atoms with Crippen molar-refractivity contribution in [3.8, 4) is 5.75 Å². The molecule has 3 aromatic rings. The highest BCUT2D eigenvalue weighted by Gasteiger charge is 2.19. The molecule has 0 aliphatic heterocycles. The van der Waals surface area contributed by atoms with E-state index in [1.807, 2.05) is 6.92 Å². The number of ether oxygens (including phenoxy) is 1. The number of hydrogen-bond acceptors (Lipinski definition) is 5. The van der Waals surface area contributed by atoms with E-state index in [4.69, 9.17) is 4.74 Å². The van der Waals surface area contributed by atoms with Gasteiger partial charge in [-0.3, -0.25) is 0 Å². The van der Waals surface area contributed by atoms with E-state index in [-0.39, 0.29) is 16.2 Å². The lowest BCUT2D eigenvalue weighted by Crippen LogP contribution is -2.20. The summed E-state index contributed by atoms with van der Waals surface area (Å²) in [7, 11) is -3.81. The first-order valence-corrected chi connectivity index (χ1v) is 10.8. The highest BCUT2D eigenvalue weighted by molar-refractivity contribution is 7.89. The van der Waals surface area contributed by atoms with Crippen molar-refractivity contribution in [1.82, 2.24) is 4.83 Å². The van der Waals surface area contributed by atoms with Crippen molar-refractivity contribution in [2.75, 3.05) is 0 Å². The number of nitrogens with one attached hydrogen (secondary N) is 1. The van der Waals surface area contributed by atoms with E-state index >= 15 is 0 Å². The second-order valence-electron chi connectivity index (χ2n) is 7.05. The van der Waals surface area contributed by atoms with Gasteiger partial charge >= 0.3 is 5.97 Å². The van der Waals surface area contributed by atoms with Crippen LogP contribution in [0.1, 0.15) is 32.6 Å². The molecule has 0 spiro atoms. The van der Waals surface area contributed by atoms with Gasteiger partial charge in [-0.05, 0) is 86.0 Å². The molecular weight excluding hydrogens is 419 g/mol. The van der Waals surface area contributed by atoms with Gasteiger partial charge in [0.1, 0.15) is 11.6 Å². The van der Waals surface area contributed by atoms with Crippen LogP contribution in [-0.2, 0) is 10.0 Å². The van der Waals surface area contributed by atoms with Gasteiger partial charge in [-0.1, -0.05) is 17.7 Å².